The Kier molecular flexibility index (Phi) is 4.78. The van der Waals surface area contributed by atoms with Gasteiger partial charge in [-0.1, -0.05) is 13.3 Å². The molecule has 0 radical (unpaired) electrons. The van der Waals surface area contributed by atoms with Crippen molar-refractivity contribution in [1.29, 1.82) is 0 Å². The average molecular weight is 300 g/mol. The number of oxazole rings is 1. The van der Waals surface area contributed by atoms with Crippen LogP contribution in [-0.2, 0) is 6.54 Å². The van der Waals surface area contributed by atoms with Crippen LogP contribution in [0, 0.1) is 0 Å². The summed E-state index contributed by atoms with van der Waals surface area (Å²) in [6.07, 6.45) is 6.94. The monoisotopic (exact) mass is 300 g/mol. The van der Waals surface area contributed by atoms with Gasteiger partial charge in [-0.2, -0.15) is 0 Å². The summed E-state index contributed by atoms with van der Waals surface area (Å²) in [5.74, 6) is 2.48. The van der Waals surface area contributed by atoms with Crippen molar-refractivity contribution >= 4 is 0 Å². The zero-order valence-electron chi connectivity index (χ0n) is 13.4. The lowest BCUT2D eigenvalue weighted by atomic mass is 10.0. The van der Waals surface area contributed by atoms with Gasteiger partial charge in [-0.05, 0) is 50.1 Å². The Bertz CT molecular complexity index is 591. The quantitative estimate of drug-likeness (QED) is 0.832. The molecule has 4 nitrogen and oxygen atoms in total. The zero-order valence-corrected chi connectivity index (χ0v) is 13.4. The summed E-state index contributed by atoms with van der Waals surface area (Å²) in [6.45, 7) is 4.23. The predicted molar refractivity (Wildman–Crippen MR) is 86.8 cm³/mol. The molecule has 1 aliphatic heterocycles. The Hall–Kier alpha value is -1.81. The number of rotatable bonds is 5. The lowest BCUT2D eigenvalue weighted by Crippen LogP contribution is -2.38. The number of piperidine rings is 1. The molecular formula is C18H24N2O2. The minimum atomic E-state index is 0.671. The highest BCUT2D eigenvalue weighted by atomic mass is 16.5. The number of aromatic nitrogens is 1. The first-order chi connectivity index (χ1) is 10.8. The van der Waals surface area contributed by atoms with Gasteiger partial charge in [0.2, 0.25) is 5.89 Å². The van der Waals surface area contributed by atoms with Crippen LogP contribution in [-0.4, -0.2) is 29.6 Å². The minimum Gasteiger partial charge on any atom is -0.497 e. The average Bonchev–Trinajstić information content (AvgIpc) is 3.04. The molecule has 3 rings (SSSR count). The molecule has 0 bridgehead atoms. The topological polar surface area (TPSA) is 38.5 Å². The van der Waals surface area contributed by atoms with Crippen LogP contribution in [0.4, 0.5) is 0 Å². The summed E-state index contributed by atoms with van der Waals surface area (Å²) in [5, 5.41) is 0. The van der Waals surface area contributed by atoms with E-state index in [-0.39, 0.29) is 0 Å². The van der Waals surface area contributed by atoms with E-state index in [4.69, 9.17) is 9.15 Å². The van der Waals surface area contributed by atoms with Crippen LogP contribution >= 0.6 is 0 Å². The zero-order chi connectivity index (χ0) is 15.4. The second-order valence-corrected chi connectivity index (χ2v) is 5.88. The fourth-order valence-electron chi connectivity index (χ4n) is 3.18. The first-order valence-electron chi connectivity index (χ1n) is 8.13. The van der Waals surface area contributed by atoms with Gasteiger partial charge in [0.1, 0.15) is 5.75 Å². The van der Waals surface area contributed by atoms with E-state index >= 15 is 0 Å². The van der Waals surface area contributed by atoms with Crippen molar-refractivity contribution < 1.29 is 9.15 Å². The molecule has 1 fully saturated rings. The maximum atomic E-state index is 5.95. The van der Waals surface area contributed by atoms with E-state index in [0.29, 0.717) is 6.04 Å². The van der Waals surface area contributed by atoms with Gasteiger partial charge in [0.15, 0.2) is 5.76 Å². The third kappa shape index (κ3) is 3.33. The van der Waals surface area contributed by atoms with Crippen LogP contribution in [0.15, 0.2) is 34.9 Å². The summed E-state index contributed by atoms with van der Waals surface area (Å²) in [5.41, 5.74) is 1.03. The van der Waals surface area contributed by atoms with Crippen molar-refractivity contribution in [2.75, 3.05) is 13.7 Å². The standard InChI is InChI=1S/C18H24N2O2/c1-3-15-6-4-5-11-20(15)13-18-19-12-17(22-18)14-7-9-16(21-2)10-8-14/h7-10,12,15H,3-6,11,13H2,1-2H3/t15-/m0/s1. The Balaban J connectivity index is 1.70. The molecule has 1 saturated heterocycles. The van der Waals surface area contributed by atoms with Crippen LogP contribution < -0.4 is 4.74 Å². The summed E-state index contributed by atoms with van der Waals surface area (Å²) < 4.78 is 11.1. The highest BCUT2D eigenvalue weighted by Crippen LogP contribution is 2.25. The molecule has 118 valence electrons. The highest BCUT2D eigenvalue weighted by Gasteiger charge is 2.22. The van der Waals surface area contributed by atoms with E-state index in [1.165, 1.54) is 25.7 Å². The van der Waals surface area contributed by atoms with Gasteiger partial charge in [-0.3, -0.25) is 4.90 Å². The third-order valence-corrected chi connectivity index (χ3v) is 4.49. The van der Waals surface area contributed by atoms with Gasteiger partial charge in [0, 0.05) is 11.6 Å². The molecule has 1 aromatic carbocycles. The van der Waals surface area contributed by atoms with E-state index in [0.717, 1.165) is 36.1 Å². The molecule has 0 aliphatic carbocycles. The molecule has 0 N–H and O–H groups in total. The van der Waals surface area contributed by atoms with Crippen molar-refractivity contribution in [1.82, 2.24) is 9.88 Å². The molecule has 22 heavy (non-hydrogen) atoms. The fraction of sp³-hybridized carbons (Fsp3) is 0.500. The fourth-order valence-corrected chi connectivity index (χ4v) is 3.18. The van der Waals surface area contributed by atoms with Gasteiger partial charge in [0.05, 0.1) is 19.9 Å². The lowest BCUT2D eigenvalue weighted by molar-refractivity contribution is 0.124. The number of hydrogen-bond donors (Lipinski definition) is 0. The van der Waals surface area contributed by atoms with Crippen molar-refractivity contribution in [3.8, 4) is 17.1 Å². The summed E-state index contributed by atoms with van der Waals surface area (Å²) in [7, 11) is 1.67. The second-order valence-electron chi connectivity index (χ2n) is 5.88. The summed E-state index contributed by atoms with van der Waals surface area (Å²) in [6, 6.07) is 8.55. The van der Waals surface area contributed by atoms with Gasteiger partial charge in [-0.25, -0.2) is 4.98 Å². The van der Waals surface area contributed by atoms with Crippen LogP contribution in [0.3, 0.4) is 0 Å². The third-order valence-electron chi connectivity index (χ3n) is 4.49. The molecule has 1 aliphatic rings. The molecule has 1 atom stereocenters. The maximum absolute atomic E-state index is 5.95. The van der Waals surface area contributed by atoms with Gasteiger partial charge in [0.25, 0.3) is 0 Å². The molecule has 1 aromatic heterocycles. The Labute approximate surface area is 132 Å². The molecule has 2 heterocycles. The molecule has 0 spiro atoms. The van der Waals surface area contributed by atoms with E-state index in [2.05, 4.69) is 16.8 Å². The summed E-state index contributed by atoms with van der Waals surface area (Å²) >= 11 is 0. The van der Waals surface area contributed by atoms with Crippen LogP contribution in [0.2, 0.25) is 0 Å². The number of ether oxygens (including phenoxy) is 1. The summed E-state index contributed by atoms with van der Waals surface area (Å²) in [4.78, 5) is 6.97. The molecular weight excluding hydrogens is 276 g/mol. The molecule has 4 heteroatoms. The molecule has 0 unspecified atom stereocenters. The smallest absolute Gasteiger partial charge is 0.209 e. The van der Waals surface area contributed by atoms with Crippen LogP contribution in [0.5, 0.6) is 5.75 Å². The van der Waals surface area contributed by atoms with Crippen LogP contribution in [0.1, 0.15) is 38.5 Å². The van der Waals surface area contributed by atoms with Gasteiger partial charge < -0.3 is 9.15 Å². The molecule has 0 saturated carbocycles. The van der Waals surface area contributed by atoms with Gasteiger partial charge in [-0.15, -0.1) is 0 Å². The van der Waals surface area contributed by atoms with Gasteiger partial charge >= 0.3 is 0 Å². The van der Waals surface area contributed by atoms with E-state index in [9.17, 15) is 0 Å². The molecule has 2 aromatic rings. The van der Waals surface area contributed by atoms with Crippen molar-refractivity contribution in [3.05, 3.63) is 36.4 Å². The Morgan fingerprint density at radius 2 is 2.09 bits per heavy atom. The lowest BCUT2D eigenvalue weighted by Gasteiger charge is -2.34. The highest BCUT2D eigenvalue weighted by molar-refractivity contribution is 5.57. The largest absolute Gasteiger partial charge is 0.497 e. The predicted octanol–water partition coefficient (Wildman–Crippen LogP) is 4.11. The number of nitrogens with zero attached hydrogens (tertiary/aromatic N) is 2. The first kappa shape index (κ1) is 15.1. The van der Waals surface area contributed by atoms with E-state index < -0.39 is 0 Å². The number of hydrogen-bond acceptors (Lipinski definition) is 4. The van der Waals surface area contributed by atoms with Crippen molar-refractivity contribution in [2.45, 2.75) is 45.2 Å². The maximum Gasteiger partial charge on any atom is 0.209 e. The van der Waals surface area contributed by atoms with Crippen molar-refractivity contribution in [3.63, 3.8) is 0 Å². The van der Waals surface area contributed by atoms with E-state index in [1.807, 2.05) is 30.5 Å². The normalized spacial score (nSPS) is 19.3. The minimum absolute atomic E-state index is 0.671. The van der Waals surface area contributed by atoms with Crippen LogP contribution in [0.25, 0.3) is 11.3 Å². The first-order valence-corrected chi connectivity index (χ1v) is 8.13. The van der Waals surface area contributed by atoms with E-state index in [1.54, 1.807) is 7.11 Å². The number of likely N-dealkylation sites (tertiary alicyclic amines) is 1. The second kappa shape index (κ2) is 6.97. The number of methoxy groups -OCH3 is 1. The molecule has 0 amide bonds. The SMILES string of the molecule is CC[C@H]1CCCCN1Cc1ncc(-c2ccc(OC)cc2)o1. The van der Waals surface area contributed by atoms with Crippen molar-refractivity contribution in [2.24, 2.45) is 0 Å². The Morgan fingerprint density at radius 3 is 2.82 bits per heavy atom. The Morgan fingerprint density at radius 1 is 1.27 bits per heavy atom. The number of benzene rings is 1.